The van der Waals surface area contributed by atoms with E-state index in [2.05, 4.69) is 5.32 Å². The molecule has 2 rings (SSSR count). The molecule has 0 aliphatic heterocycles. The zero-order valence-electron chi connectivity index (χ0n) is 9.78. The van der Waals surface area contributed by atoms with Crippen LogP contribution in [0.3, 0.4) is 0 Å². The van der Waals surface area contributed by atoms with Gasteiger partial charge in [-0.15, -0.1) is 0 Å². The molecular weight excluding hydrogens is 260 g/mol. The molecule has 1 aromatic rings. The number of nitro benzene ring substituents is 1. The molecule has 19 heavy (non-hydrogen) atoms. The average molecular weight is 271 g/mol. The van der Waals surface area contributed by atoms with Crippen molar-refractivity contribution in [2.24, 2.45) is 0 Å². The molecule has 8 heteroatoms. The van der Waals surface area contributed by atoms with Crippen LogP contribution in [-0.2, 0) is 4.79 Å². The van der Waals surface area contributed by atoms with E-state index < -0.39 is 33.8 Å². The molecule has 0 atom stereocenters. The van der Waals surface area contributed by atoms with Gasteiger partial charge in [0.25, 0.3) is 5.69 Å². The number of amides is 1. The molecule has 0 aromatic heterocycles. The van der Waals surface area contributed by atoms with Crippen molar-refractivity contribution in [3.05, 3.63) is 33.9 Å². The number of nitro groups is 1. The lowest BCUT2D eigenvalue weighted by atomic mass is 10.2. The zero-order chi connectivity index (χ0) is 14.0. The Morgan fingerprint density at radius 3 is 2.68 bits per heavy atom. The fraction of sp³-hybridized carbons (Fsp3) is 0.364. The Hall–Kier alpha value is -2.09. The van der Waals surface area contributed by atoms with E-state index in [0.717, 1.165) is 18.9 Å². The van der Waals surface area contributed by atoms with Crippen molar-refractivity contribution >= 4 is 17.3 Å². The summed E-state index contributed by atoms with van der Waals surface area (Å²) in [5.74, 6) is -3.34. The first kappa shape index (κ1) is 13.3. The first-order valence-electron chi connectivity index (χ1n) is 5.64. The van der Waals surface area contributed by atoms with Gasteiger partial charge in [-0.25, -0.2) is 8.78 Å². The summed E-state index contributed by atoms with van der Waals surface area (Å²) in [6.07, 6.45) is 1.92. The second kappa shape index (κ2) is 5.27. The highest BCUT2D eigenvalue weighted by Crippen LogP contribution is 2.29. The standard InChI is InChI=1S/C11H11F2N3O3/c12-7-3-4-8(16(18)19)11(10(7)13)15-9(17)5-14-6-1-2-6/h3-4,6,14H,1-2,5H2,(H,15,17). The zero-order valence-corrected chi connectivity index (χ0v) is 9.78. The summed E-state index contributed by atoms with van der Waals surface area (Å²) in [4.78, 5) is 21.3. The minimum atomic E-state index is -1.44. The molecule has 1 aliphatic carbocycles. The van der Waals surface area contributed by atoms with Crippen LogP contribution in [0.1, 0.15) is 12.8 Å². The smallest absolute Gasteiger partial charge is 0.296 e. The lowest BCUT2D eigenvalue weighted by Crippen LogP contribution is -2.30. The molecule has 0 radical (unpaired) electrons. The molecule has 2 N–H and O–H groups in total. The summed E-state index contributed by atoms with van der Waals surface area (Å²) < 4.78 is 26.5. The van der Waals surface area contributed by atoms with E-state index in [4.69, 9.17) is 0 Å². The van der Waals surface area contributed by atoms with Crippen LogP contribution in [0.2, 0.25) is 0 Å². The number of carbonyl (C=O) groups excluding carboxylic acids is 1. The van der Waals surface area contributed by atoms with E-state index >= 15 is 0 Å². The van der Waals surface area contributed by atoms with E-state index in [1.165, 1.54) is 0 Å². The Bertz CT molecular complexity index is 532. The number of hydrogen-bond donors (Lipinski definition) is 2. The molecule has 6 nitrogen and oxygen atoms in total. The van der Waals surface area contributed by atoms with Gasteiger partial charge in [-0.3, -0.25) is 14.9 Å². The average Bonchev–Trinajstić information content (AvgIpc) is 3.16. The predicted molar refractivity (Wildman–Crippen MR) is 62.7 cm³/mol. The lowest BCUT2D eigenvalue weighted by molar-refractivity contribution is -0.384. The van der Waals surface area contributed by atoms with Crippen LogP contribution in [0, 0.1) is 21.7 Å². The highest BCUT2D eigenvalue weighted by molar-refractivity contribution is 5.94. The van der Waals surface area contributed by atoms with Crippen LogP contribution in [0.5, 0.6) is 0 Å². The quantitative estimate of drug-likeness (QED) is 0.628. The van der Waals surface area contributed by atoms with Crippen LogP contribution in [0.25, 0.3) is 0 Å². The van der Waals surface area contributed by atoms with E-state index in [1.54, 1.807) is 0 Å². The van der Waals surface area contributed by atoms with Gasteiger partial charge in [0.05, 0.1) is 11.5 Å². The topological polar surface area (TPSA) is 84.3 Å². The first-order chi connectivity index (χ1) is 8.99. The maximum Gasteiger partial charge on any atom is 0.296 e. The molecule has 1 amide bonds. The van der Waals surface area contributed by atoms with Crippen molar-refractivity contribution in [1.29, 1.82) is 0 Å². The Morgan fingerprint density at radius 2 is 2.11 bits per heavy atom. The Labute approximate surface area is 106 Å². The van der Waals surface area contributed by atoms with Crippen LogP contribution >= 0.6 is 0 Å². The molecule has 0 spiro atoms. The second-order valence-corrected chi connectivity index (χ2v) is 4.22. The van der Waals surface area contributed by atoms with Crippen molar-refractivity contribution in [2.75, 3.05) is 11.9 Å². The number of rotatable bonds is 5. The predicted octanol–water partition coefficient (Wildman–Crippen LogP) is 1.56. The highest BCUT2D eigenvalue weighted by atomic mass is 19.2. The van der Waals surface area contributed by atoms with Crippen LogP contribution in [-0.4, -0.2) is 23.4 Å². The van der Waals surface area contributed by atoms with Gasteiger partial charge in [-0.2, -0.15) is 0 Å². The molecule has 0 bridgehead atoms. The van der Waals surface area contributed by atoms with E-state index in [0.29, 0.717) is 6.07 Å². The number of halogens is 2. The molecule has 1 aliphatic rings. The van der Waals surface area contributed by atoms with Gasteiger partial charge < -0.3 is 10.6 Å². The summed E-state index contributed by atoms with van der Waals surface area (Å²) in [6.45, 7) is -0.0994. The third kappa shape index (κ3) is 3.22. The van der Waals surface area contributed by atoms with E-state index in [-0.39, 0.29) is 12.6 Å². The summed E-state index contributed by atoms with van der Waals surface area (Å²) >= 11 is 0. The highest BCUT2D eigenvalue weighted by Gasteiger charge is 2.25. The first-order valence-corrected chi connectivity index (χ1v) is 5.64. The minimum absolute atomic E-state index is 0.0994. The van der Waals surface area contributed by atoms with Crippen LogP contribution in [0.15, 0.2) is 12.1 Å². The van der Waals surface area contributed by atoms with Crippen molar-refractivity contribution in [3.8, 4) is 0 Å². The van der Waals surface area contributed by atoms with Gasteiger partial charge in [0.2, 0.25) is 5.91 Å². The SMILES string of the molecule is O=C(CNC1CC1)Nc1c([N+](=O)[O-])ccc(F)c1F. The molecule has 0 unspecified atom stereocenters. The number of hydrogen-bond acceptors (Lipinski definition) is 4. The van der Waals surface area contributed by atoms with Gasteiger partial charge in [0, 0.05) is 12.1 Å². The number of nitrogens with zero attached hydrogens (tertiary/aromatic N) is 1. The number of nitrogens with one attached hydrogen (secondary N) is 2. The normalized spacial score (nSPS) is 14.2. The van der Waals surface area contributed by atoms with Crippen LogP contribution in [0.4, 0.5) is 20.2 Å². The van der Waals surface area contributed by atoms with Gasteiger partial charge in [0.1, 0.15) is 0 Å². The summed E-state index contributed by atoms with van der Waals surface area (Å²) in [7, 11) is 0. The van der Waals surface area contributed by atoms with Gasteiger partial charge in [-0.1, -0.05) is 0 Å². The summed E-state index contributed by atoms with van der Waals surface area (Å²) in [6, 6.07) is 1.71. The summed E-state index contributed by atoms with van der Waals surface area (Å²) in [5, 5.41) is 15.6. The molecule has 102 valence electrons. The molecule has 1 saturated carbocycles. The maximum absolute atomic E-state index is 13.5. The largest absolute Gasteiger partial charge is 0.317 e. The minimum Gasteiger partial charge on any atom is -0.317 e. The molecule has 0 saturated heterocycles. The number of benzene rings is 1. The number of carbonyl (C=O) groups is 1. The fourth-order valence-corrected chi connectivity index (χ4v) is 1.52. The molecular formula is C11H11F2N3O3. The van der Waals surface area contributed by atoms with Crippen molar-refractivity contribution in [3.63, 3.8) is 0 Å². The molecule has 0 heterocycles. The third-order valence-electron chi connectivity index (χ3n) is 2.66. The van der Waals surface area contributed by atoms with E-state index in [1.807, 2.05) is 5.32 Å². The molecule has 1 fully saturated rings. The third-order valence-corrected chi connectivity index (χ3v) is 2.66. The molecule has 1 aromatic carbocycles. The summed E-state index contributed by atoms with van der Waals surface area (Å²) in [5.41, 5.74) is -1.42. The lowest BCUT2D eigenvalue weighted by Gasteiger charge is -2.08. The van der Waals surface area contributed by atoms with Crippen LogP contribution < -0.4 is 10.6 Å². The van der Waals surface area contributed by atoms with Crippen molar-refractivity contribution in [1.82, 2.24) is 5.32 Å². The Morgan fingerprint density at radius 1 is 1.42 bits per heavy atom. The fourth-order valence-electron chi connectivity index (χ4n) is 1.52. The maximum atomic E-state index is 13.5. The van der Waals surface area contributed by atoms with Gasteiger partial charge in [0.15, 0.2) is 17.3 Å². The number of anilines is 1. The van der Waals surface area contributed by atoms with Crippen molar-refractivity contribution < 1.29 is 18.5 Å². The van der Waals surface area contributed by atoms with Crippen molar-refractivity contribution in [2.45, 2.75) is 18.9 Å². The Balaban J connectivity index is 2.14. The Kier molecular flexibility index (Phi) is 3.70. The second-order valence-electron chi connectivity index (χ2n) is 4.22. The van der Waals surface area contributed by atoms with Gasteiger partial charge in [-0.05, 0) is 18.9 Å². The van der Waals surface area contributed by atoms with E-state index in [9.17, 15) is 23.7 Å². The monoisotopic (exact) mass is 271 g/mol. The van der Waals surface area contributed by atoms with Gasteiger partial charge >= 0.3 is 0 Å².